The summed E-state index contributed by atoms with van der Waals surface area (Å²) in [5.74, 6) is 2.47. The first-order chi connectivity index (χ1) is 13.2. The second kappa shape index (κ2) is 7.88. The Balaban J connectivity index is 1.65. The van der Waals surface area contributed by atoms with E-state index in [1.165, 1.54) is 12.8 Å². The molecule has 1 aliphatic rings. The number of nitrogens with one attached hydrogen (secondary N) is 2. The van der Waals surface area contributed by atoms with Crippen LogP contribution >= 0.6 is 0 Å². The van der Waals surface area contributed by atoms with Crippen molar-refractivity contribution in [3.63, 3.8) is 0 Å². The molecule has 0 amide bonds. The largest absolute Gasteiger partial charge is 0.369 e. The molecule has 27 heavy (non-hydrogen) atoms. The van der Waals surface area contributed by atoms with Crippen molar-refractivity contribution in [1.82, 2.24) is 20.3 Å². The van der Waals surface area contributed by atoms with Crippen LogP contribution in [0.5, 0.6) is 0 Å². The van der Waals surface area contributed by atoms with Crippen LogP contribution in [0.15, 0.2) is 42.7 Å². The molecule has 0 spiro atoms. The van der Waals surface area contributed by atoms with Crippen LogP contribution in [0.25, 0.3) is 22.2 Å². The molecule has 140 valence electrons. The quantitative estimate of drug-likeness (QED) is 0.727. The normalized spacial score (nSPS) is 17.0. The number of aromatic nitrogens is 3. The third-order valence-electron chi connectivity index (χ3n) is 5.06. The van der Waals surface area contributed by atoms with Gasteiger partial charge in [0.1, 0.15) is 11.6 Å². The van der Waals surface area contributed by atoms with Gasteiger partial charge in [-0.2, -0.15) is 0 Å². The van der Waals surface area contributed by atoms with Gasteiger partial charge in [0.15, 0.2) is 0 Å². The maximum Gasteiger partial charge on any atom is 0.136 e. The van der Waals surface area contributed by atoms with Crippen LogP contribution in [0, 0.1) is 5.92 Å². The molecule has 1 fully saturated rings. The molecule has 6 heteroatoms. The van der Waals surface area contributed by atoms with E-state index in [0.29, 0.717) is 5.92 Å². The zero-order chi connectivity index (χ0) is 18.6. The third kappa shape index (κ3) is 4.01. The van der Waals surface area contributed by atoms with Gasteiger partial charge in [0.25, 0.3) is 0 Å². The molecule has 0 aromatic carbocycles. The summed E-state index contributed by atoms with van der Waals surface area (Å²) in [5, 5.41) is 8.11. The van der Waals surface area contributed by atoms with Crippen molar-refractivity contribution in [2.75, 3.05) is 43.9 Å². The smallest absolute Gasteiger partial charge is 0.136 e. The maximum atomic E-state index is 4.90. The molecule has 0 unspecified atom stereocenters. The predicted octanol–water partition coefficient (Wildman–Crippen LogP) is 3.17. The highest BCUT2D eigenvalue weighted by molar-refractivity contribution is 5.91. The predicted molar refractivity (Wildman–Crippen MR) is 111 cm³/mol. The summed E-state index contributed by atoms with van der Waals surface area (Å²) in [6, 6.07) is 10.2. The van der Waals surface area contributed by atoms with Crippen LogP contribution in [0.2, 0.25) is 0 Å². The first-order valence-electron chi connectivity index (χ1n) is 9.55. The summed E-state index contributed by atoms with van der Waals surface area (Å²) in [7, 11) is 3.98. The van der Waals surface area contributed by atoms with Crippen LogP contribution in [-0.4, -0.2) is 48.7 Å². The Hall–Kier alpha value is -2.73. The van der Waals surface area contributed by atoms with Gasteiger partial charge in [0.05, 0.1) is 11.2 Å². The van der Waals surface area contributed by atoms with E-state index in [-0.39, 0.29) is 0 Å². The van der Waals surface area contributed by atoms with Crippen LogP contribution in [0.3, 0.4) is 0 Å². The molecular weight excluding hydrogens is 336 g/mol. The Labute approximate surface area is 160 Å². The van der Waals surface area contributed by atoms with E-state index < -0.39 is 0 Å². The molecule has 2 N–H and O–H groups in total. The molecule has 3 aromatic rings. The molecule has 6 nitrogen and oxygen atoms in total. The number of hydrogen-bond acceptors (Lipinski definition) is 6. The molecular formula is C21H26N6. The van der Waals surface area contributed by atoms with Crippen LogP contribution < -0.4 is 15.5 Å². The van der Waals surface area contributed by atoms with E-state index in [9.17, 15) is 0 Å². The minimum absolute atomic E-state index is 0.636. The minimum atomic E-state index is 0.636. The molecule has 1 atom stereocenters. The number of fused-ring (bicyclic) bond motifs is 1. The second-order valence-corrected chi connectivity index (χ2v) is 7.32. The van der Waals surface area contributed by atoms with Gasteiger partial charge in [-0.05, 0) is 62.2 Å². The Morgan fingerprint density at radius 2 is 2.15 bits per heavy atom. The summed E-state index contributed by atoms with van der Waals surface area (Å²) < 4.78 is 0. The molecule has 4 rings (SSSR count). The van der Waals surface area contributed by atoms with Crippen molar-refractivity contribution >= 4 is 22.5 Å². The van der Waals surface area contributed by atoms with Crippen molar-refractivity contribution in [3.8, 4) is 11.3 Å². The van der Waals surface area contributed by atoms with Gasteiger partial charge < -0.3 is 15.5 Å². The fraction of sp³-hybridized carbons (Fsp3) is 0.381. The molecule has 1 saturated heterocycles. The van der Waals surface area contributed by atoms with Crippen molar-refractivity contribution in [3.05, 3.63) is 42.7 Å². The number of piperidine rings is 1. The summed E-state index contributed by atoms with van der Waals surface area (Å²) in [5.41, 5.74) is 2.84. The average molecular weight is 362 g/mol. The highest BCUT2D eigenvalue weighted by Crippen LogP contribution is 2.27. The topological polar surface area (TPSA) is 66.0 Å². The second-order valence-electron chi connectivity index (χ2n) is 7.32. The Morgan fingerprint density at radius 1 is 1.22 bits per heavy atom. The highest BCUT2D eigenvalue weighted by Gasteiger charge is 2.14. The first-order valence-corrected chi connectivity index (χ1v) is 9.55. The van der Waals surface area contributed by atoms with E-state index in [1.807, 2.05) is 49.6 Å². The average Bonchev–Trinajstić information content (AvgIpc) is 2.72. The summed E-state index contributed by atoms with van der Waals surface area (Å²) in [4.78, 5) is 16.0. The molecule has 1 aliphatic heterocycles. The zero-order valence-corrected chi connectivity index (χ0v) is 15.9. The summed E-state index contributed by atoms with van der Waals surface area (Å²) in [6.07, 6.45) is 6.20. The van der Waals surface area contributed by atoms with E-state index in [0.717, 1.165) is 53.4 Å². The standard InChI is InChI=1S/C21H26N6/c1-27(2)20-8-7-16(14-24-20)18-11-19-17(6-4-10-23-19)21(26-18)25-13-15-5-3-9-22-12-15/h4,6-8,10-11,14-15,22H,3,5,9,12-13H2,1-2H3,(H,25,26)/t15-/m0/s1. The fourth-order valence-electron chi connectivity index (χ4n) is 3.50. The summed E-state index contributed by atoms with van der Waals surface area (Å²) >= 11 is 0. The molecule has 4 heterocycles. The van der Waals surface area contributed by atoms with Gasteiger partial charge in [0.2, 0.25) is 0 Å². The lowest BCUT2D eigenvalue weighted by atomic mass is 10.00. The fourth-order valence-corrected chi connectivity index (χ4v) is 3.50. The third-order valence-corrected chi connectivity index (χ3v) is 5.06. The van der Waals surface area contributed by atoms with Crippen LogP contribution in [0.4, 0.5) is 11.6 Å². The van der Waals surface area contributed by atoms with Crippen molar-refractivity contribution in [2.45, 2.75) is 12.8 Å². The molecule has 0 aliphatic carbocycles. The van der Waals surface area contributed by atoms with Gasteiger partial charge in [-0.25, -0.2) is 9.97 Å². The van der Waals surface area contributed by atoms with Gasteiger partial charge in [0, 0.05) is 44.0 Å². The van der Waals surface area contributed by atoms with Gasteiger partial charge >= 0.3 is 0 Å². The van der Waals surface area contributed by atoms with E-state index in [4.69, 9.17) is 4.98 Å². The Kier molecular flexibility index (Phi) is 5.16. The number of nitrogens with zero attached hydrogens (tertiary/aromatic N) is 4. The van der Waals surface area contributed by atoms with Crippen LogP contribution in [-0.2, 0) is 0 Å². The maximum absolute atomic E-state index is 4.90. The molecule has 0 bridgehead atoms. The van der Waals surface area contributed by atoms with E-state index in [2.05, 4.69) is 32.7 Å². The Morgan fingerprint density at radius 3 is 2.89 bits per heavy atom. The number of rotatable bonds is 5. The van der Waals surface area contributed by atoms with Gasteiger partial charge in [-0.3, -0.25) is 4.98 Å². The number of anilines is 2. The minimum Gasteiger partial charge on any atom is -0.369 e. The summed E-state index contributed by atoms with van der Waals surface area (Å²) in [6.45, 7) is 3.12. The number of pyridine rings is 3. The first kappa shape index (κ1) is 17.7. The monoisotopic (exact) mass is 362 g/mol. The van der Waals surface area contributed by atoms with E-state index in [1.54, 1.807) is 0 Å². The molecule has 3 aromatic heterocycles. The molecule has 0 radical (unpaired) electrons. The van der Waals surface area contributed by atoms with Crippen molar-refractivity contribution in [2.24, 2.45) is 5.92 Å². The van der Waals surface area contributed by atoms with E-state index >= 15 is 0 Å². The molecule has 0 saturated carbocycles. The lowest BCUT2D eigenvalue weighted by Gasteiger charge is -2.23. The zero-order valence-electron chi connectivity index (χ0n) is 15.9. The lowest BCUT2D eigenvalue weighted by Crippen LogP contribution is -2.33. The SMILES string of the molecule is CN(C)c1ccc(-c2cc3ncccc3c(NC[C@H]3CCCNC3)n2)cn1. The highest BCUT2D eigenvalue weighted by atomic mass is 15.1. The number of hydrogen-bond donors (Lipinski definition) is 2. The van der Waals surface area contributed by atoms with Gasteiger partial charge in [-0.1, -0.05) is 0 Å². The van der Waals surface area contributed by atoms with Gasteiger partial charge in [-0.15, -0.1) is 0 Å². The lowest BCUT2D eigenvalue weighted by molar-refractivity contribution is 0.393. The van der Waals surface area contributed by atoms with Crippen LogP contribution in [0.1, 0.15) is 12.8 Å². The van der Waals surface area contributed by atoms with Crippen molar-refractivity contribution in [1.29, 1.82) is 0 Å². The Bertz CT molecular complexity index is 900. The van der Waals surface area contributed by atoms with Crippen molar-refractivity contribution < 1.29 is 0 Å².